The number of carbonyl (C=O) groups excluding carboxylic acids is 2. The number of benzene rings is 1. The van der Waals surface area contributed by atoms with E-state index in [1.54, 1.807) is 12.1 Å². The molecule has 0 spiro atoms. The van der Waals surface area contributed by atoms with E-state index in [-0.39, 0.29) is 18.2 Å². The fourth-order valence-electron chi connectivity index (χ4n) is 2.50. The molecule has 0 radical (unpaired) electrons. The zero-order chi connectivity index (χ0) is 18.5. The van der Waals surface area contributed by atoms with Gasteiger partial charge in [-0.2, -0.15) is 13.8 Å². The molecule has 1 atom stereocenters. The molecule has 1 fully saturated rings. The van der Waals surface area contributed by atoms with E-state index in [2.05, 4.69) is 10.3 Å². The van der Waals surface area contributed by atoms with Crippen molar-refractivity contribution in [2.75, 3.05) is 31.6 Å². The van der Waals surface area contributed by atoms with Crippen LogP contribution in [-0.4, -0.2) is 59.2 Å². The van der Waals surface area contributed by atoms with Crippen LogP contribution in [0.3, 0.4) is 0 Å². The van der Waals surface area contributed by atoms with Gasteiger partial charge in [0, 0.05) is 30.1 Å². The van der Waals surface area contributed by atoms with Gasteiger partial charge in [-0.25, -0.2) is 0 Å². The van der Waals surface area contributed by atoms with E-state index in [0.29, 0.717) is 53.8 Å². The number of hydrogen-bond acceptors (Lipinski definition) is 6. The number of nitrogens with zero attached hydrogens (tertiary/aromatic N) is 2. The Morgan fingerprint density at radius 3 is 2.69 bits per heavy atom. The molecule has 10 heteroatoms. The molecule has 26 heavy (non-hydrogen) atoms. The first-order chi connectivity index (χ1) is 12.5. The number of nitrogens with one attached hydrogen (secondary N) is 1. The lowest BCUT2D eigenvalue weighted by molar-refractivity contribution is -0.121. The Kier molecular flexibility index (Phi) is 6.49. The first-order valence-electron chi connectivity index (χ1n) is 7.98. The summed E-state index contributed by atoms with van der Waals surface area (Å²) in [6.07, 6.45) is 0.00831. The topological polar surface area (TPSA) is 71.0 Å². The quantitative estimate of drug-likeness (QED) is 0.765. The molecule has 0 unspecified atom stereocenters. The number of morpholine rings is 1. The zero-order valence-electron chi connectivity index (χ0n) is 13.7. The first kappa shape index (κ1) is 19.1. The van der Waals surface area contributed by atoms with Gasteiger partial charge in [-0.3, -0.25) is 9.59 Å². The number of halogens is 2. The van der Waals surface area contributed by atoms with Crippen molar-refractivity contribution in [2.24, 2.45) is 4.99 Å². The van der Waals surface area contributed by atoms with Gasteiger partial charge in [-0.1, -0.05) is 23.5 Å². The molecule has 1 saturated heterocycles. The Hall–Kier alpha value is -1.65. The SMILES string of the molecule is O=C(C[C@H]1SC(N2CCOCC2)=NC1=O)Nc1ccc(SC(F)F)cc1. The molecule has 3 rings (SSSR count). The lowest BCUT2D eigenvalue weighted by Crippen LogP contribution is -2.39. The summed E-state index contributed by atoms with van der Waals surface area (Å²) in [6.45, 7) is 2.56. The molecule has 0 saturated carbocycles. The van der Waals surface area contributed by atoms with Crippen LogP contribution in [0.2, 0.25) is 0 Å². The summed E-state index contributed by atoms with van der Waals surface area (Å²) in [7, 11) is 0. The van der Waals surface area contributed by atoms with E-state index in [4.69, 9.17) is 4.74 Å². The van der Waals surface area contributed by atoms with Crippen molar-refractivity contribution >= 4 is 46.2 Å². The molecular weight excluding hydrogens is 384 g/mol. The van der Waals surface area contributed by atoms with Crippen molar-refractivity contribution in [1.29, 1.82) is 0 Å². The summed E-state index contributed by atoms with van der Waals surface area (Å²) < 4.78 is 29.9. The lowest BCUT2D eigenvalue weighted by Gasteiger charge is -2.27. The summed E-state index contributed by atoms with van der Waals surface area (Å²) >= 11 is 1.74. The molecule has 140 valence electrons. The third kappa shape index (κ3) is 5.18. The normalized spacial score (nSPS) is 20.4. The average Bonchev–Trinajstić information content (AvgIpc) is 2.97. The van der Waals surface area contributed by atoms with Crippen LogP contribution in [0.1, 0.15) is 6.42 Å². The zero-order valence-corrected chi connectivity index (χ0v) is 15.3. The van der Waals surface area contributed by atoms with Crippen LogP contribution in [0.5, 0.6) is 0 Å². The number of alkyl halides is 2. The Morgan fingerprint density at radius 1 is 1.35 bits per heavy atom. The molecular formula is C16H17F2N3O3S2. The van der Waals surface area contributed by atoms with Crippen LogP contribution < -0.4 is 5.32 Å². The number of amidine groups is 1. The molecule has 1 aromatic rings. The van der Waals surface area contributed by atoms with Gasteiger partial charge >= 0.3 is 0 Å². The molecule has 0 aliphatic carbocycles. The van der Waals surface area contributed by atoms with Gasteiger partial charge in [0.05, 0.1) is 13.2 Å². The Balaban J connectivity index is 1.50. The van der Waals surface area contributed by atoms with Gasteiger partial charge < -0.3 is 15.0 Å². The van der Waals surface area contributed by atoms with Gasteiger partial charge in [-0.15, -0.1) is 0 Å². The van der Waals surface area contributed by atoms with Crippen molar-refractivity contribution in [3.8, 4) is 0 Å². The van der Waals surface area contributed by atoms with E-state index >= 15 is 0 Å². The van der Waals surface area contributed by atoms with E-state index in [1.807, 2.05) is 4.90 Å². The second-order valence-electron chi connectivity index (χ2n) is 5.59. The summed E-state index contributed by atoms with van der Waals surface area (Å²) in [5.41, 5.74) is 0.499. The number of amides is 2. The minimum atomic E-state index is -2.48. The van der Waals surface area contributed by atoms with Crippen LogP contribution >= 0.6 is 23.5 Å². The number of carbonyl (C=O) groups is 2. The predicted molar refractivity (Wildman–Crippen MR) is 97.8 cm³/mol. The number of hydrogen-bond donors (Lipinski definition) is 1. The second kappa shape index (κ2) is 8.83. The van der Waals surface area contributed by atoms with E-state index in [9.17, 15) is 18.4 Å². The standard InChI is InChI=1S/C16H17F2N3O3S2/c17-15(18)25-11-3-1-10(2-4-11)19-13(22)9-12-14(23)20-16(26-12)21-5-7-24-8-6-21/h1-4,12,15H,5-9H2,(H,19,22)/t12-/m1/s1. The Morgan fingerprint density at radius 2 is 2.04 bits per heavy atom. The number of anilines is 1. The van der Waals surface area contributed by atoms with Crippen molar-refractivity contribution in [3.05, 3.63) is 24.3 Å². The maximum absolute atomic E-state index is 12.3. The molecule has 2 aliphatic heterocycles. The summed E-state index contributed by atoms with van der Waals surface area (Å²) in [5.74, 6) is -3.11. The van der Waals surface area contributed by atoms with Gasteiger partial charge in [0.15, 0.2) is 5.17 Å². The van der Waals surface area contributed by atoms with Crippen LogP contribution in [0.4, 0.5) is 14.5 Å². The van der Waals surface area contributed by atoms with Crippen LogP contribution in [0.25, 0.3) is 0 Å². The summed E-state index contributed by atoms with van der Waals surface area (Å²) in [4.78, 5) is 30.7. The fourth-order valence-corrected chi connectivity index (χ4v) is 4.12. The van der Waals surface area contributed by atoms with Gasteiger partial charge in [0.25, 0.3) is 11.7 Å². The van der Waals surface area contributed by atoms with Crippen molar-refractivity contribution in [3.63, 3.8) is 0 Å². The predicted octanol–water partition coefficient (Wildman–Crippen LogP) is 2.66. The Labute approximate surface area is 157 Å². The lowest BCUT2D eigenvalue weighted by atomic mass is 10.2. The van der Waals surface area contributed by atoms with E-state index in [1.165, 1.54) is 23.9 Å². The van der Waals surface area contributed by atoms with E-state index < -0.39 is 11.0 Å². The minimum Gasteiger partial charge on any atom is -0.378 e. The number of rotatable bonds is 5. The summed E-state index contributed by atoms with van der Waals surface area (Å²) in [6, 6.07) is 6.15. The number of ether oxygens (including phenoxy) is 1. The van der Waals surface area contributed by atoms with Gasteiger partial charge in [0.1, 0.15) is 5.25 Å². The van der Waals surface area contributed by atoms with Crippen LogP contribution in [-0.2, 0) is 14.3 Å². The highest BCUT2D eigenvalue weighted by Crippen LogP contribution is 2.29. The van der Waals surface area contributed by atoms with Crippen molar-refractivity contribution < 1.29 is 23.1 Å². The van der Waals surface area contributed by atoms with Crippen molar-refractivity contribution in [1.82, 2.24) is 4.90 Å². The summed E-state index contributed by atoms with van der Waals surface area (Å²) in [5, 5.41) is 2.78. The third-order valence-electron chi connectivity index (χ3n) is 3.74. The Bertz CT molecular complexity index is 694. The molecule has 2 heterocycles. The second-order valence-corrected chi connectivity index (χ2v) is 7.83. The smallest absolute Gasteiger partial charge is 0.288 e. The largest absolute Gasteiger partial charge is 0.378 e. The number of aliphatic imine (C=N–C) groups is 1. The highest BCUT2D eigenvalue weighted by molar-refractivity contribution is 8.15. The average molecular weight is 401 g/mol. The maximum Gasteiger partial charge on any atom is 0.288 e. The monoisotopic (exact) mass is 401 g/mol. The highest BCUT2D eigenvalue weighted by Gasteiger charge is 2.33. The molecule has 2 amide bonds. The molecule has 1 aromatic carbocycles. The first-order valence-corrected chi connectivity index (χ1v) is 9.74. The van der Waals surface area contributed by atoms with Crippen LogP contribution in [0, 0.1) is 0 Å². The highest BCUT2D eigenvalue weighted by atomic mass is 32.2. The van der Waals surface area contributed by atoms with Crippen molar-refractivity contribution in [2.45, 2.75) is 22.3 Å². The molecule has 6 nitrogen and oxygen atoms in total. The fraction of sp³-hybridized carbons (Fsp3) is 0.438. The van der Waals surface area contributed by atoms with E-state index in [0.717, 1.165) is 0 Å². The maximum atomic E-state index is 12.3. The third-order valence-corrected chi connectivity index (χ3v) is 5.68. The molecule has 2 aliphatic rings. The molecule has 1 N–H and O–H groups in total. The minimum absolute atomic E-state index is 0.00831. The number of thioether (sulfide) groups is 2. The van der Waals surface area contributed by atoms with Gasteiger partial charge in [0.2, 0.25) is 5.91 Å². The van der Waals surface area contributed by atoms with Gasteiger partial charge in [-0.05, 0) is 24.3 Å². The molecule has 0 bridgehead atoms. The molecule has 0 aromatic heterocycles. The van der Waals surface area contributed by atoms with Crippen LogP contribution in [0.15, 0.2) is 34.2 Å².